The molecule has 1 aromatic heterocycles. The molecule has 0 saturated carbocycles. The SMILES string of the molecule is COc1cccc(CC(=O)c2cncc3ccccc23)c1. The number of carbonyl (C=O) groups is 1. The quantitative estimate of drug-likeness (QED) is 0.683. The van der Waals surface area contributed by atoms with Gasteiger partial charge in [-0.2, -0.15) is 0 Å². The van der Waals surface area contributed by atoms with E-state index in [1.165, 1.54) is 0 Å². The molecular formula is C18H15NO2. The predicted octanol–water partition coefficient (Wildman–Crippen LogP) is 3.67. The van der Waals surface area contributed by atoms with E-state index in [1.54, 1.807) is 19.5 Å². The largest absolute Gasteiger partial charge is 0.497 e. The highest BCUT2D eigenvalue weighted by Crippen LogP contribution is 2.20. The Morgan fingerprint density at radius 2 is 1.95 bits per heavy atom. The zero-order valence-electron chi connectivity index (χ0n) is 11.7. The van der Waals surface area contributed by atoms with Crippen molar-refractivity contribution in [1.29, 1.82) is 0 Å². The number of ether oxygens (including phenoxy) is 1. The number of methoxy groups -OCH3 is 1. The molecule has 3 nitrogen and oxygen atoms in total. The molecule has 21 heavy (non-hydrogen) atoms. The summed E-state index contributed by atoms with van der Waals surface area (Å²) in [6.45, 7) is 0. The Labute approximate surface area is 123 Å². The third-order valence-electron chi connectivity index (χ3n) is 3.47. The fourth-order valence-corrected chi connectivity index (χ4v) is 2.40. The second kappa shape index (κ2) is 5.75. The van der Waals surface area contributed by atoms with Gasteiger partial charge in [0.15, 0.2) is 5.78 Å². The van der Waals surface area contributed by atoms with Crippen LogP contribution in [0.5, 0.6) is 5.75 Å². The maximum atomic E-state index is 12.5. The number of pyridine rings is 1. The van der Waals surface area contributed by atoms with Crippen LogP contribution in [-0.2, 0) is 6.42 Å². The number of carbonyl (C=O) groups excluding carboxylic acids is 1. The first-order valence-corrected chi connectivity index (χ1v) is 6.77. The smallest absolute Gasteiger partial charge is 0.169 e. The Morgan fingerprint density at radius 1 is 1.10 bits per heavy atom. The van der Waals surface area contributed by atoms with Crippen LogP contribution in [0.25, 0.3) is 10.8 Å². The van der Waals surface area contributed by atoms with Gasteiger partial charge in [0.2, 0.25) is 0 Å². The van der Waals surface area contributed by atoms with Crippen molar-refractivity contribution in [2.24, 2.45) is 0 Å². The van der Waals surface area contributed by atoms with Gasteiger partial charge in [-0.3, -0.25) is 9.78 Å². The lowest BCUT2D eigenvalue weighted by molar-refractivity contribution is 0.0994. The number of benzene rings is 2. The van der Waals surface area contributed by atoms with Crippen molar-refractivity contribution in [1.82, 2.24) is 4.98 Å². The van der Waals surface area contributed by atoms with Gasteiger partial charge in [0.25, 0.3) is 0 Å². The van der Waals surface area contributed by atoms with E-state index in [0.717, 1.165) is 22.1 Å². The van der Waals surface area contributed by atoms with E-state index in [0.29, 0.717) is 12.0 Å². The molecule has 0 radical (unpaired) electrons. The molecule has 0 bridgehead atoms. The van der Waals surface area contributed by atoms with Crippen molar-refractivity contribution in [3.63, 3.8) is 0 Å². The molecular weight excluding hydrogens is 262 g/mol. The average molecular weight is 277 g/mol. The average Bonchev–Trinajstić information content (AvgIpc) is 2.54. The first-order valence-electron chi connectivity index (χ1n) is 6.77. The fourth-order valence-electron chi connectivity index (χ4n) is 2.40. The van der Waals surface area contributed by atoms with E-state index >= 15 is 0 Å². The Morgan fingerprint density at radius 3 is 2.81 bits per heavy atom. The maximum absolute atomic E-state index is 12.5. The zero-order chi connectivity index (χ0) is 14.7. The van der Waals surface area contributed by atoms with Gasteiger partial charge in [-0.05, 0) is 23.1 Å². The van der Waals surface area contributed by atoms with Crippen molar-refractivity contribution in [2.45, 2.75) is 6.42 Å². The number of ketones is 1. The highest BCUT2D eigenvalue weighted by molar-refractivity contribution is 6.08. The Kier molecular flexibility index (Phi) is 3.65. The Balaban J connectivity index is 1.93. The predicted molar refractivity (Wildman–Crippen MR) is 82.8 cm³/mol. The first kappa shape index (κ1) is 13.3. The van der Waals surface area contributed by atoms with Crippen molar-refractivity contribution in [3.8, 4) is 5.75 Å². The molecule has 1 heterocycles. The first-order chi connectivity index (χ1) is 10.3. The van der Waals surface area contributed by atoms with Gasteiger partial charge < -0.3 is 4.74 Å². The summed E-state index contributed by atoms with van der Waals surface area (Å²) in [5, 5.41) is 1.93. The summed E-state index contributed by atoms with van der Waals surface area (Å²) in [5.41, 5.74) is 1.60. The molecule has 0 N–H and O–H groups in total. The molecule has 0 amide bonds. The second-order valence-corrected chi connectivity index (χ2v) is 4.86. The molecule has 0 unspecified atom stereocenters. The summed E-state index contributed by atoms with van der Waals surface area (Å²) >= 11 is 0. The highest BCUT2D eigenvalue weighted by Gasteiger charge is 2.11. The number of hydrogen-bond donors (Lipinski definition) is 0. The van der Waals surface area contributed by atoms with E-state index in [2.05, 4.69) is 4.98 Å². The summed E-state index contributed by atoms with van der Waals surface area (Å²) in [6, 6.07) is 15.4. The molecule has 3 aromatic rings. The van der Waals surface area contributed by atoms with Crippen LogP contribution in [0.2, 0.25) is 0 Å². The van der Waals surface area contributed by atoms with Crippen LogP contribution in [0.4, 0.5) is 0 Å². The fraction of sp³-hybridized carbons (Fsp3) is 0.111. The van der Waals surface area contributed by atoms with E-state index < -0.39 is 0 Å². The van der Waals surface area contributed by atoms with Gasteiger partial charge in [-0.25, -0.2) is 0 Å². The number of Topliss-reactive ketones (excluding diaryl/α,β-unsaturated/α-hetero) is 1. The van der Waals surface area contributed by atoms with Gasteiger partial charge >= 0.3 is 0 Å². The van der Waals surface area contributed by atoms with Gasteiger partial charge in [-0.15, -0.1) is 0 Å². The van der Waals surface area contributed by atoms with Crippen LogP contribution in [0.3, 0.4) is 0 Å². The maximum Gasteiger partial charge on any atom is 0.169 e. The molecule has 0 saturated heterocycles. The summed E-state index contributed by atoms with van der Waals surface area (Å²) < 4.78 is 5.19. The molecule has 2 aromatic carbocycles. The minimum absolute atomic E-state index is 0.0625. The molecule has 0 fully saturated rings. The van der Waals surface area contributed by atoms with Crippen LogP contribution in [0.15, 0.2) is 60.9 Å². The molecule has 0 atom stereocenters. The van der Waals surface area contributed by atoms with Gasteiger partial charge in [0, 0.05) is 29.8 Å². The highest BCUT2D eigenvalue weighted by atomic mass is 16.5. The summed E-state index contributed by atoms with van der Waals surface area (Å²) in [7, 11) is 1.62. The van der Waals surface area contributed by atoms with Crippen molar-refractivity contribution < 1.29 is 9.53 Å². The van der Waals surface area contributed by atoms with Crippen molar-refractivity contribution >= 4 is 16.6 Å². The molecule has 3 heteroatoms. The third kappa shape index (κ3) is 2.77. The lowest BCUT2D eigenvalue weighted by Crippen LogP contribution is -2.05. The van der Waals surface area contributed by atoms with Crippen LogP contribution in [0.1, 0.15) is 15.9 Å². The molecule has 3 rings (SSSR count). The van der Waals surface area contributed by atoms with E-state index in [9.17, 15) is 4.79 Å². The molecule has 104 valence electrons. The van der Waals surface area contributed by atoms with Crippen LogP contribution >= 0.6 is 0 Å². The zero-order valence-corrected chi connectivity index (χ0v) is 11.7. The summed E-state index contributed by atoms with van der Waals surface area (Å²) in [6.07, 6.45) is 3.76. The number of aromatic nitrogens is 1. The van der Waals surface area contributed by atoms with E-state index in [1.807, 2.05) is 48.5 Å². The van der Waals surface area contributed by atoms with Crippen molar-refractivity contribution in [3.05, 3.63) is 72.1 Å². The number of rotatable bonds is 4. The Hall–Kier alpha value is -2.68. The normalized spacial score (nSPS) is 10.5. The second-order valence-electron chi connectivity index (χ2n) is 4.86. The van der Waals surface area contributed by atoms with Crippen LogP contribution in [-0.4, -0.2) is 17.9 Å². The molecule has 0 aliphatic heterocycles. The molecule has 0 aliphatic carbocycles. The minimum atomic E-state index is 0.0625. The van der Waals surface area contributed by atoms with Gasteiger partial charge in [-0.1, -0.05) is 36.4 Å². The van der Waals surface area contributed by atoms with Crippen LogP contribution < -0.4 is 4.74 Å². The summed E-state index contributed by atoms with van der Waals surface area (Å²) in [5.74, 6) is 0.823. The van der Waals surface area contributed by atoms with Gasteiger partial charge in [0.1, 0.15) is 5.75 Å². The Bertz CT molecular complexity index is 791. The number of fused-ring (bicyclic) bond motifs is 1. The van der Waals surface area contributed by atoms with Crippen molar-refractivity contribution in [2.75, 3.05) is 7.11 Å². The molecule has 0 spiro atoms. The molecule has 0 aliphatic rings. The standard InChI is InChI=1S/C18H15NO2/c1-21-15-7-4-5-13(9-15)10-18(20)17-12-19-11-14-6-2-3-8-16(14)17/h2-9,11-12H,10H2,1H3. The van der Waals surface area contributed by atoms with E-state index in [-0.39, 0.29) is 5.78 Å². The van der Waals surface area contributed by atoms with E-state index in [4.69, 9.17) is 4.74 Å². The monoisotopic (exact) mass is 277 g/mol. The minimum Gasteiger partial charge on any atom is -0.497 e. The topological polar surface area (TPSA) is 39.2 Å². The lowest BCUT2D eigenvalue weighted by Gasteiger charge is -2.06. The third-order valence-corrected chi connectivity index (χ3v) is 3.47. The lowest BCUT2D eigenvalue weighted by atomic mass is 9.99. The van der Waals surface area contributed by atoms with Gasteiger partial charge in [0.05, 0.1) is 7.11 Å². The summed E-state index contributed by atoms with van der Waals surface area (Å²) in [4.78, 5) is 16.7. The number of nitrogens with zero attached hydrogens (tertiary/aromatic N) is 1. The van der Waals surface area contributed by atoms with Crippen LogP contribution in [0, 0.1) is 0 Å². The number of hydrogen-bond acceptors (Lipinski definition) is 3.